The van der Waals surface area contributed by atoms with Gasteiger partial charge in [0.25, 0.3) is 0 Å². The summed E-state index contributed by atoms with van der Waals surface area (Å²) in [5, 5.41) is 7.04. The number of benzene rings is 1. The van der Waals surface area contributed by atoms with Crippen LogP contribution in [-0.4, -0.2) is 39.1 Å². The molecular weight excluding hydrogens is 313 g/mol. The molecule has 3 amide bonds. The summed E-state index contributed by atoms with van der Waals surface area (Å²) >= 11 is 0. The Hall–Kier alpha value is -2.45. The van der Waals surface area contributed by atoms with Crippen LogP contribution in [-0.2, 0) is 11.0 Å². The summed E-state index contributed by atoms with van der Waals surface area (Å²) in [5.41, 5.74) is -0.482. The van der Waals surface area contributed by atoms with E-state index >= 15 is 0 Å². The summed E-state index contributed by atoms with van der Waals surface area (Å²) in [4.78, 5) is 24.8. The van der Waals surface area contributed by atoms with Gasteiger partial charge in [-0.2, -0.15) is 13.2 Å². The second kappa shape index (κ2) is 7.21. The van der Waals surface area contributed by atoms with E-state index in [0.717, 1.165) is 12.1 Å². The number of hydrogen-bond donors (Lipinski definition) is 3. The van der Waals surface area contributed by atoms with Crippen LogP contribution in [0.1, 0.15) is 12.5 Å². The third kappa shape index (κ3) is 5.04. The van der Waals surface area contributed by atoms with E-state index in [0.29, 0.717) is 5.69 Å². The normalized spacial score (nSPS) is 12.3. The molecule has 0 aliphatic rings. The van der Waals surface area contributed by atoms with Crippen LogP contribution in [0, 0.1) is 0 Å². The molecule has 23 heavy (non-hydrogen) atoms. The number of urea groups is 1. The van der Waals surface area contributed by atoms with Gasteiger partial charge >= 0.3 is 12.2 Å². The number of hydrogen-bond acceptors (Lipinski definition) is 3. The van der Waals surface area contributed by atoms with Crippen LogP contribution in [0.25, 0.3) is 0 Å². The molecule has 0 aromatic heterocycles. The molecule has 128 valence electrons. The van der Waals surface area contributed by atoms with Gasteiger partial charge in [-0.3, -0.25) is 4.79 Å². The first-order chi connectivity index (χ1) is 10.6. The predicted molar refractivity (Wildman–Crippen MR) is 81.5 cm³/mol. The van der Waals surface area contributed by atoms with E-state index < -0.39 is 29.7 Å². The highest BCUT2D eigenvalue weighted by molar-refractivity contribution is 5.96. The second-order valence-electron chi connectivity index (χ2n) is 5.06. The molecule has 0 radical (unpaired) electrons. The minimum absolute atomic E-state index is 0.00793. The zero-order valence-electron chi connectivity index (χ0n) is 13.2. The van der Waals surface area contributed by atoms with E-state index in [2.05, 4.69) is 16.0 Å². The molecule has 1 atom stereocenters. The first-order valence-electron chi connectivity index (χ1n) is 6.74. The first-order valence-corrected chi connectivity index (χ1v) is 6.74. The lowest BCUT2D eigenvalue weighted by Crippen LogP contribution is -2.45. The van der Waals surface area contributed by atoms with Crippen LogP contribution in [0.2, 0.25) is 0 Å². The molecule has 0 heterocycles. The van der Waals surface area contributed by atoms with Crippen molar-refractivity contribution in [3.63, 3.8) is 0 Å². The molecule has 0 saturated carbocycles. The Kier molecular flexibility index (Phi) is 5.83. The monoisotopic (exact) mass is 332 g/mol. The van der Waals surface area contributed by atoms with Crippen LogP contribution in [0.5, 0.6) is 0 Å². The molecule has 0 aliphatic carbocycles. The lowest BCUT2D eigenvalue weighted by atomic mass is 10.1. The van der Waals surface area contributed by atoms with E-state index in [1.807, 2.05) is 0 Å². The summed E-state index contributed by atoms with van der Waals surface area (Å²) < 4.78 is 38.4. The highest BCUT2D eigenvalue weighted by atomic mass is 19.4. The zero-order chi connectivity index (χ0) is 17.8. The fourth-order valence-corrected chi connectivity index (χ4v) is 1.84. The molecule has 1 aromatic carbocycles. The number of halogens is 3. The van der Waals surface area contributed by atoms with Crippen molar-refractivity contribution in [2.75, 3.05) is 31.4 Å². The third-order valence-corrected chi connectivity index (χ3v) is 3.04. The number of likely N-dealkylation sites (N-methyl/N-ethyl adjacent to an activating group) is 1. The number of nitrogens with one attached hydrogen (secondary N) is 3. The van der Waals surface area contributed by atoms with Gasteiger partial charge < -0.3 is 20.9 Å². The number of amides is 3. The van der Waals surface area contributed by atoms with Gasteiger partial charge in [0.1, 0.15) is 6.04 Å². The molecule has 0 aliphatic heterocycles. The van der Waals surface area contributed by atoms with Crippen LogP contribution in [0.4, 0.5) is 29.3 Å². The number of anilines is 2. The number of nitrogens with zero attached hydrogens (tertiary/aromatic N) is 1. The topological polar surface area (TPSA) is 73.5 Å². The van der Waals surface area contributed by atoms with Gasteiger partial charge in [-0.1, -0.05) is 0 Å². The van der Waals surface area contributed by atoms with Gasteiger partial charge in [-0.05, 0) is 25.1 Å². The maximum absolute atomic E-state index is 12.8. The van der Waals surface area contributed by atoms with Gasteiger partial charge in [0.2, 0.25) is 5.91 Å². The number of alkyl halides is 3. The summed E-state index contributed by atoms with van der Waals surface area (Å²) in [7, 11) is 4.69. The third-order valence-electron chi connectivity index (χ3n) is 3.04. The minimum Gasteiger partial charge on any atom is -0.376 e. The molecule has 0 unspecified atom stereocenters. The molecule has 6 nitrogen and oxygen atoms in total. The molecular formula is C14H19F3N4O2. The number of rotatable bonds is 4. The Labute approximate surface area is 132 Å². The SMILES string of the molecule is CNC(=O)[C@H](C)NC(=O)Nc1cc(C(F)(F)F)ccc1N(C)C. The Balaban J connectivity index is 3.01. The van der Waals surface area contributed by atoms with E-state index in [1.54, 1.807) is 19.0 Å². The highest BCUT2D eigenvalue weighted by Gasteiger charge is 2.31. The molecule has 9 heteroatoms. The van der Waals surface area contributed by atoms with Gasteiger partial charge in [-0.15, -0.1) is 0 Å². The molecule has 0 bridgehead atoms. The molecule has 0 spiro atoms. The van der Waals surface area contributed by atoms with Crippen LogP contribution >= 0.6 is 0 Å². The summed E-state index contributed by atoms with van der Waals surface area (Å²) in [6.07, 6.45) is -4.52. The van der Waals surface area contributed by atoms with E-state index in [4.69, 9.17) is 0 Å². The van der Waals surface area contributed by atoms with Gasteiger partial charge in [0.15, 0.2) is 0 Å². The maximum atomic E-state index is 12.8. The molecule has 0 saturated heterocycles. The van der Waals surface area contributed by atoms with E-state index in [1.165, 1.54) is 20.0 Å². The van der Waals surface area contributed by atoms with E-state index in [-0.39, 0.29) is 5.69 Å². The van der Waals surface area contributed by atoms with Crippen LogP contribution in [0.15, 0.2) is 18.2 Å². The van der Waals surface area contributed by atoms with E-state index in [9.17, 15) is 22.8 Å². The second-order valence-corrected chi connectivity index (χ2v) is 5.06. The lowest BCUT2D eigenvalue weighted by molar-refractivity contribution is -0.137. The van der Waals surface area contributed by atoms with Crippen molar-refractivity contribution in [3.8, 4) is 0 Å². The summed E-state index contributed by atoms with van der Waals surface area (Å²) in [6, 6.07) is 1.45. The zero-order valence-corrected chi connectivity index (χ0v) is 13.2. The van der Waals surface area contributed by atoms with Gasteiger partial charge in [0.05, 0.1) is 16.9 Å². The average Bonchev–Trinajstić information content (AvgIpc) is 2.44. The Morgan fingerprint density at radius 3 is 2.30 bits per heavy atom. The van der Waals surface area contributed by atoms with Crippen molar-refractivity contribution in [2.45, 2.75) is 19.1 Å². The average molecular weight is 332 g/mol. The Bertz CT molecular complexity index is 588. The maximum Gasteiger partial charge on any atom is 0.416 e. The molecule has 1 rings (SSSR count). The predicted octanol–water partition coefficient (Wildman–Crippen LogP) is 2.03. The van der Waals surface area contributed by atoms with Crippen molar-refractivity contribution in [2.24, 2.45) is 0 Å². The fraction of sp³-hybridized carbons (Fsp3) is 0.429. The Morgan fingerprint density at radius 2 is 1.83 bits per heavy atom. The summed E-state index contributed by atoms with van der Waals surface area (Å²) in [5.74, 6) is -0.419. The Morgan fingerprint density at radius 1 is 1.22 bits per heavy atom. The standard InChI is InChI=1S/C14H19F3N4O2/c1-8(12(22)18-2)19-13(23)20-10-7-9(14(15,16)17)5-6-11(10)21(3)4/h5-8H,1-4H3,(H,18,22)(H2,19,20,23)/t8-/m0/s1. The van der Waals surface area contributed by atoms with Crippen molar-refractivity contribution in [3.05, 3.63) is 23.8 Å². The number of carbonyl (C=O) groups is 2. The first kappa shape index (κ1) is 18.6. The number of carbonyl (C=O) groups excluding carboxylic acids is 2. The summed E-state index contributed by atoms with van der Waals surface area (Å²) in [6.45, 7) is 1.46. The van der Waals surface area contributed by atoms with Crippen molar-refractivity contribution in [1.82, 2.24) is 10.6 Å². The lowest BCUT2D eigenvalue weighted by Gasteiger charge is -2.20. The fourth-order valence-electron chi connectivity index (χ4n) is 1.84. The van der Waals surface area contributed by atoms with Crippen molar-refractivity contribution in [1.29, 1.82) is 0 Å². The van der Waals surface area contributed by atoms with Crippen molar-refractivity contribution < 1.29 is 22.8 Å². The quantitative estimate of drug-likeness (QED) is 0.790. The van der Waals surface area contributed by atoms with Crippen LogP contribution < -0.4 is 20.9 Å². The highest BCUT2D eigenvalue weighted by Crippen LogP contribution is 2.34. The van der Waals surface area contributed by atoms with Crippen LogP contribution in [0.3, 0.4) is 0 Å². The minimum atomic E-state index is -4.52. The largest absolute Gasteiger partial charge is 0.416 e. The smallest absolute Gasteiger partial charge is 0.376 e. The molecule has 0 fully saturated rings. The van der Waals surface area contributed by atoms with Gasteiger partial charge in [-0.25, -0.2) is 4.79 Å². The molecule has 1 aromatic rings. The van der Waals surface area contributed by atoms with Crippen molar-refractivity contribution >= 4 is 23.3 Å². The van der Waals surface area contributed by atoms with Gasteiger partial charge in [0, 0.05) is 21.1 Å². The molecule has 3 N–H and O–H groups in total.